The topological polar surface area (TPSA) is 69.4 Å². The molecule has 0 aliphatic rings. The number of ether oxygens (including phenoxy) is 2. The molecule has 1 unspecified atom stereocenters. The zero-order chi connectivity index (χ0) is 15.9. The molecule has 2 aromatic rings. The first kappa shape index (κ1) is 16.7. The molecule has 120 valence electrons. The third kappa shape index (κ3) is 4.43. The zero-order valence-corrected chi connectivity index (χ0v) is 13.5. The van der Waals surface area contributed by atoms with E-state index in [-0.39, 0.29) is 19.3 Å². The predicted molar refractivity (Wildman–Crippen MR) is 82.9 cm³/mol. The van der Waals surface area contributed by atoms with Crippen molar-refractivity contribution in [2.45, 2.75) is 32.6 Å². The number of aliphatic hydroxyl groups is 1. The van der Waals surface area contributed by atoms with Gasteiger partial charge in [-0.15, -0.1) is 0 Å². The second-order valence-corrected chi connectivity index (χ2v) is 5.25. The Morgan fingerprint density at radius 1 is 1.41 bits per heavy atom. The predicted octanol–water partition coefficient (Wildman–Crippen LogP) is 2.60. The lowest BCUT2D eigenvalue weighted by atomic mass is 10.3. The number of benzene rings is 1. The number of hydrogen-bond donors (Lipinski definition) is 1. The van der Waals surface area contributed by atoms with Crippen LogP contribution in [0.4, 0.5) is 0 Å². The van der Waals surface area contributed by atoms with Crippen LogP contribution in [0, 0.1) is 0 Å². The van der Waals surface area contributed by atoms with Gasteiger partial charge in [0.2, 0.25) is 0 Å². The number of rotatable bonds is 8. The number of aliphatic hydroxyl groups excluding tert-OH is 1. The van der Waals surface area contributed by atoms with Gasteiger partial charge in [0.1, 0.15) is 18.5 Å². The second kappa shape index (κ2) is 8.12. The zero-order valence-electron chi connectivity index (χ0n) is 12.7. The summed E-state index contributed by atoms with van der Waals surface area (Å²) in [6, 6.07) is 7.17. The quantitative estimate of drug-likeness (QED) is 0.808. The van der Waals surface area contributed by atoms with E-state index in [4.69, 9.17) is 26.2 Å². The minimum Gasteiger partial charge on any atom is -0.485 e. The van der Waals surface area contributed by atoms with E-state index in [2.05, 4.69) is 10.1 Å². The van der Waals surface area contributed by atoms with Gasteiger partial charge in [0.25, 0.3) is 0 Å². The lowest BCUT2D eigenvalue weighted by molar-refractivity contribution is 0.107. The molecule has 1 aromatic heterocycles. The summed E-state index contributed by atoms with van der Waals surface area (Å²) in [6.45, 7) is 2.84. The number of nitrogens with zero attached hydrogens (tertiary/aromatic N) is 3. The Labute approximate surface area is 134 Å². The molecule has 6 nitrogen and oxygen atoms in total. The number of hydrogen-bond acceptors (Lipinski definition) is 5. The van der Waals surface area contributed by atoms with Crippen LogP contribution >= 0.6 is 11.6 Å². The van der Waals surface area contributed by atoms with Crippen LogP contribution in [-0.4, -0.2) is 33.6 Å². The van der Waals surface area contributed by atoms with Crippen LogP contribution in [0.5, 0.6) is 5.75 Å². The fraction of sp³-hybridized carbons (Fsp3) is 0.467. The van der Waals surface area contributed by atoms with Crippen molar-refractivity contribution in [3.63, 3.8) is 0 Å². The average Bonchev–Trinajstić information content (AvgIpc) is 2.93. The first-order valence-corrected chi connectivity index (χ1v) is 7.47. The van der Waals surface area contributed by atoms with E-state index >= 15 is 0 Å². The van der Waals surface area contributed by atoms with Crippen molar-refractivity contribution in [1.29, 1.82) is 0 Å². The van der Waals surface area contributed by atoms with Crippen LogP contribution < -0.4 is 4.74 Å². The number of aromatic nitrogens is 3. The Balaban J connectivity index is 2.08. The summed E-state index contributed by atoms with van der Waals surface area (Å²) < 4.78 is 12.7. The van der Waals surface area contributed by atoms with Crippen LogP contribution in [0.1, 0.15) is 31.1 Å². The summed E-state index contributed by atoms with van der Waals surface area (Å²) in [4.78, 5) is 4.46. The Hall–Kier alpha value is -1.63. The Kier molecular flexibility index (Phi) is 6.18. The Bertz CT molecular complexity index is 603. The number of halogens is 1. The molecule has 0 aliphatic carbocycles. The highest BCUT2D eigenvalue weighted by molar-refractivity contribution is 6.30. The molecule has 0 saturated heterocycles. The minimum absolute atomic E-state index is 0.106. The highest BCUT2D eigenvalue weighted by atomic mass is 35.5. The minimum atomic E-state index is -0.175. The summed E-state index contributed by atoms with van der Waals surface area (Å²) in [5, 5.41) is 14.0. The molecular formula is C15H20ClN3O3. The molecule has 0 bridgehead atoms. The molecular weight excluding hydrogens is 306 g/mol. The van der Waals surface area contributed by atoms with Crippen molar-refractivity contribution in [2.75, 3.05) is 13.7 Å². The molecule has 7 heteroatoms. The molecule has 0 saturated carbocycles. The number of aryl methyl sites for hydroxylation is 1. The summed E-state index contributed by atoms with van der Waals surface area (Å²) in [5.41, 5.74) is 0. The third-order valence-corrected chi connectivity index (χ3v) is 3.39. The van der Waals surface area contributed by atoms with Crippen molar-refractivity contribution in [3.05, 3.63) is 40.9 Å². The van der Waals surface area contributed by atoms with Gasteiger partial charge in [-0.3, -0.25) is 0 Å². The maximum atomic E-state index is 8.97. The Morgan fingerprint density at radius 2 is 2.23 bits per heavy atom. The van der Waals surface area contributed by atoms with Gasteiger partial charge in [-0.05, 0) is 31.5 Å². The van der Waals surface area contributed by atoms with Crippen LogP contribution in [0.3, 0.4) is 0 Å². The molecule has 22 heavy (non-hydrogen) atoms. The van der Waals surface area contributed by atoms with Crippen molar-refractivity contribution in [3.8, 4) is 5.75 Å². The van der Waals surface area contributed by atoms with Gasteiger partial charge >= 0.3 is 0 Å². The fourth-order valence-electron chi connectivity index (χ4n) is 1.96. The van der Waals surface area contributed by atoms with E-state index in [0.717, 1.165) is 5.82 Å². The molecule has 0 aliphatic heterocycles. The third-order valence-electron chi connectivity index (χ3n) is 3.15. The molecule has 0 spiro atoms. The largest absolute Gasteiger partial charge is 0.485 e. The fourth-order valence-corrected chi connectivity index (χ4v) is 2.14. The van der Waals surface area contributed by atoms with Gasteiger partial charge in [0.05, 0.1) is 0 Å². The van der Waals surface area contributed by atoms with E-state index in [1.165, 1.54) is 0 Å². The van der Waals surface area contributed by atoms with Gasteiger partial charge in [0, 0.05) is 25.3 Å². The molecule has 1 atom stereocenters. The highest BCUT2D eigenvalue weighted by Crippen LogP contribution is 2.19. The molecule has 2 rings (SSSR count). The number of methoxy groups -OCH3 is 1. The Morgan fingerprint density at radius 3 is 2.91 bits per heavy atom. The summed E-state index contributed by atoms with van der Waals surface area (Å²) in [6.07, 6.45) is 0.438. The first-order valence-electron chi connectivity index (χ1n) is 7.09. The van der Waals surface area contributed by atoms with Crippen LogP contribution in [0.15, 0.2) is 24.3 Å². The second-order valence-electron chi connectivity index (χ2n) is 4.81. The highest BCUT2D eigenvalue weighted by Gasteiger charge is 2.16. The van der Waals surface area contributed by atoms with Crippen molar-refractivity contribution >= 4 is 11.6 Å². The smallest absolute Gasteiger partial charge is 0.188 e. The molecule has 1 N–H and O–H groups in total. The van der Waals surface area contributed by atoms with E-state index in [0.29, 0.717) is 29.6 Å². The molecule has 0 fully saturated rings. The molecule has 0 amide bonds. The molecule has 0 radical (unpaired) electrons. The van der Waals surface area contributed by atoms with Gasteiger partial charge in [0.15, 0.2) is 11.6 Å². The van der Waals surface area contributed by atoms with Crippen molar-refractivity contribution in [2.24, 2.45) is 0 Å². The molecule has 1 aromatic carbocycles. The monoisotopic (exact) mass is 325 g/mol. The van der Waals surface area contributed by atoms with Crippen LogP contribution in [0.25, 0.3) is 0 Å². The summed E-state index contributed by atoms with van der Waals surface area (Å²) in [5.74, 6) is 1.96. The lowest BCUT2D eigenvalue weighted by Gasteiger charge is -2.09. The van der Waals surface area contributed by atoms with E-state index in [9.17, 15) is 0 Å². The van der Waals surface area contributed by atoms with E-state index in [1.807, 2.05) is 19.1 Å². The van der Waals surface area contributed by atoms with Gasteiger partial charge in [-0.1, -0.05) is 17.7 Å². The van der Waals surface area contributed by atoms with Crippen molar-refractivity contribution < 1.29 is 14.6 Å². The van der Waals surface area contributed by atoms with E-state index < -0.39 is 0 Å². The summed E-state index contributed by atoms with van der Waals surface area (Å²) in [7, 11) is 1.62. The van der Waals surface area contributed by atoms with E-state index in [1.54, 1.807) is 23.9 Å². The average molecular weight is 326 g/mol. The summed E-state index contributed by atoms with van der Waals surface area (Å²) >= 11 is 5.92. The van der Waals surface area contributed by atoms with Gasteiger partial charge in [-0.25, -0.2) is 9.67 Å². The maximum absolute atomic E-state index is 8.97. The van der Waals surface area contributed by atoms with Crippen molar-refractivity contribution in [1.82, 2.24) is 14.8 Å². The SMILES string of the molecule is COC(C)c1nc(COc2cccc(Cl)c2)nn1CCCO. The van der Waals surface area contributed by atoms with Gasteiger partial charge in [-0.2, -0.15) is 5.10 Å². The standard InChI is InChI=1S/C15H20ClN3O3/c1-11(21-2)15-17-14(18-19(15)7-4-8-20)10-22-13-6-3-5-12(16)9-13/h3,5-6,9,11,20H,4,7-8,10H2,1-2H3. The van der Waals surface area contributed by atoms with Gasteiger partial charge < -0.3 is 14.6 Å². The maximum Gasteiger partial charge on any atom is 0.188 e. The lowest BCUT2D eigenvalue weighted by Crippen LogP contribution is -2.11. The first-order chi connectivity index (χ1) is 10.6. The normalized spacial score (nSPS) is 12.4. The molecule has 1 heterocycles. The van der Waals surface area contributed by atoms with Crippen LogP contribution in [0.2, 0.25) is 5.02 Å². The van der Waals surface area contributed by atoms with Crippen LogP contribution in [-0.2, 0) is 17.9 Å².